The van der Waals surface area contributed by atoms with E-state index in [9.17, 15) is 9.59 Å². The minimum Gasteiger partial charge on any atom is -0.463 e. The van der Waals surface area contributed by atoms with Crippen LogP contribution in [0.3, 0.4) is 0 Å². The first-order valence-corrected chi connectivity index (χ1v) is 11.5. The molecule has 2 saturated heterocycles. The Bertz CT molecular complexity index is 845. The smallest absolute Gasteiger partial charge is 0.240 e. The predicted molar refractivity (Wildman–Crippen MR) is 116 cm³/mol. The lowest BCUT2D eigenvalue weighted by Crippen LogP contribution is -2.53. The van der Waals surface area contributed by atoms with Gasteiger partial charge in [-0.1, -0.05) is 0 Å². The van der Waals surface area contributed by atoms with Gasteiger partial charge < -0.3 is 14.6 Å². The summed E-state index contributed by atoms with van der Waals surface area (Å²) in [6.45, 7) is 7.03. The summed E-state index contributed by atoms with van der Waals surface area (Å²) in [5.74, 6) is 0.864. The standard InChI is InChI=1S/C21H29N5O3S/c1-16-5-2-3-7-26(16)20(28)14-25-10-8-24(9-11-25)13-19(27)23-21-22-17(15-30-21)18-6-4-12-29-18/h4,6,12,15-16H,2-3,5,7-11,13-14H2,1H3,(H,22,23,27). The average molecular weight is 432 g/mol. The van der Waals surface area contributed by atoms with E-state index >= 15 is 0 Å². The van der Waals surface area contributed by atoms with Gasteiger partial charge >= 0.3 is 0 Å². The molecule has 2 amide bonds. The fourth-order valence-electron chi connectivity index (χ4n) is 4.09. The minimum absolute atomic E-state index is 0.0676. The largest absolute Gasteiger partial charge is 0.463 e. The van der Waals surface area contributed by atoms with Crippen molar-refractivity contribution in [2.24, 2.45) is 0 Å². The second-order valence-corrected chi connectivity index (χ2v) is 8.91. The molecule has 30 heavy (non-hydrogen) atoms. The van der Waals surface area contributed by atoms with Gasteiger partial charge in [0.05, 0.1) is 19.4 Å². The lowest BCUT2D eigenvalue weighted by Gasteiger charge is -2.37. The summed E-state index contributed by atoms with van der Waals surface area (Å²) in [4.78, 5) is 35.8. The summed E-state index contributed by atoms with van der Waals surface area (Å²) in [5, 5.41) is 5.32. The van der Waals surface area contributed by atoms with E-state index in [0.29, 0.717) is 30.0 Å². The van der Waals surface area contributed by atoms with E-state index in [1.807, 2.05) is 22.4 Å². The molecule has 0 radical (unpaired) electrons. The van der Waals surface area contributed by atoms with Gasteiger partial charge in [-0.05, 0) is 38.3 Å². The number of furan rings is 1. The van der Waals surface area contributed by atoms with Gasteiger partial charge in [0, 0.05) is 44.1 Å². The van der Waals surface area contributed by atoms with E-state index in [2.05, 4.69) is 27.0 Å². The number of rotatable bonds is 6. The first kappa shape index (κ1) is 21.0. The van der Waals surface area contributed by atoms with E-state index in [1.165, 1.54) is 17.8 Å². The van der Waals surface area contributed by atoms with E-state index in [-0.39, 0.29) is 11.8 Å². The molecule has 162 valence electrons. The quantitative estimate of drug-likeness (QED) is 0.756. The van der Waals surface area contributed by atoms with Gasteiger partial charge in [-0.15, -0.1) is 11.3 Å². The molecule has 2 aliphatic heterocycles. The van der Waals surface area contributed by atoms with Crippen molar-refractivity contribution < 1.29 is 14.0 Å². The number of amides is 2. The summed E-state index contributed by atoms with van der Waals surface area (Å²) >= 11 is 1.39. The first-order chi connectivity index (χ1) is 14.6. The van der Waals surface area contributed by atoms with Crippen molar-refractivity contribution in [1.29, 1.82) is 0 Å². The zero-order chi connectivity index (χ0) is 20.9. The summed E-state index contributed by atoms with van der Waals surface area (Å²) in [6.07, 6.45) is 5.04. The fourth-order valence-corrected chi connectivity index (χ4v) is 4.80. The number of hydrogen-bond acceptors (Lipinski definition) is 7. The van der Waals surface area contributed by atoms with Crippen LogP contribution in [0, 0.1) is 0 Å². The average Bonchev–Trinajstić information content (AvgIpc) is 3.41. The van der Waals surface area contributed by atoms with Gasteiger partial charge in [0.2, 0.25) is 11.8 Å². The predicted octanol–water partition coefficient (Wildman–Crippen LogP) is 2.36. The van der Waals surface area contributed by atoms with Gasteiger partial charge in [-0.3, -0.25) is 19.4 Å². The van der Waals surface area contributed by atoms with Crippen LogP contribution in [0.2, 0.25) is 0 Å². The number of anilines is 1. The number of piperidine rings is 1. The number of carbonyl (C=O) groups excluding carboxylic acids is 2. The van der Waals surface area contributed by atoms with E-state index in [1.54, 1.807) is 6.26 Å². The Balaban J connectivity index is 1.19. The zero-order valence-corrected chi connectivity index (χ0v) is 18.2. The number of hydrogen-bond donors (Lipinski definition) is 1. The number of thiazole rings is 1. The highest BCUT2D eigenvalue weighted by Crippen LogP contribution is 2.25. The number of piperazine rings is 1. The third-order valence-electron chi connectivity index (χ3n) is 5.84. The van der Waals surface area contributed by atoms with Crippen molar-refractivity contribution in [1.82, 2.24) is 19.7 Å². The van der Waals surface area contributed by atoms with E-state index < -0.39 is 0 Å². The van der Waals surface area contributed by atoms with Crippen LogP contribution in [0.5, 0.6) is 0 Å². The number of carbonyl (C=O) groups is 2. The van der Waals surface area contributed by atoms with Gasteiger partial charge in [-0.2, -0.15) is 0 Å². The Kier molecular flexibility index (Phi) is 6.81. The van der Waals surface area contributed by atoms with Crippen LogP contribution < -0.4 is 5.32 Å². The molecule has 4 rings (SSSR count). The van der Waals surface area contributed by atoms with Crippen LogP contribution in [-0.2, 0) is 9.59 Å². The molecule has 1 atom stereocenters. The highest BCUT2D eigenvalue weighted by molar-refractivity contribution is 7.14. The van der Waals surface area contributed by atoms with Gasteiger partial charge in [0.25, 0.3) is 0 Å². The number of likely N-dealkylation sites (tertiary alicyclic amines) is 1. The van der Waals surface area contributed by atoms with Crippen LogP contribution in [-0.4, -0.2) is 83.4 Å². The second kappa shape index (κ2) is 9.72. The third-order valence-corrected chi connectivity index (χ3v) is 6.60. The molecule has 8 nitrogen and oxygen atoms in total. The third kappa shape index (κ3) is 5.27. The van der Waals surface area contributed by atoms with Crippen LogP contribution >= 0.6 is 11.3 Å². The minimum atomic E-state index is -0.0676. The zero-order valence-electron chi connectivity index (χ0n) is 17.4. The monoisotopic (exact) mass is 431 g/mol. The molecule has 1 unspecified atom stereocenters. The summed E-state index contributed by atoms with van der Waals surface area (Å²) in [6, 6.07) is 4.01. The summed E-state index contributed by atoms with van der Waals surface area (Å²) in [7, 11) is 0. The molecule has 2 fully saturated rings. The SMILES string of the molecule is CC1CCCCN1C(=O)CN1CCN(CC(=O)Nc2nc(-c3ccco3)cs2)CC1. The van der Waals surface area contributed by atoms with Crippen LogP contribution in [0.25, 0.3) is 11.5 Å². The van der Waals surface area contributed by atoms with Gasteiger partial charge in [0.1, 0.15) is 5.69 Å². The maximum Gasteiger partial charge on any atom is 0.240 e. The van der Waals surface area contributed by atoms with Crippen molar-refractivity contribution in [3.05, 3.63) is 23.8 Å². The molecule has 1 N–H and O–H groups in total. The van der Waals surface area contributed by atoms with Crippen LogP contribution in [0.15, 0.2) is 28.2 Å². The van der Waals surface area contributed by atoms with Crippen molar-refractivity contribution in [2.75, 3.05) is 51.1 Å². The maximum atomic E-state index is 12.6. The van der Waals surface area contributed by atoms with Gasteiger partial charge in [0.15, 0.2) is 10.9 Å². The molecular weight excluding hydrogens is 402 g/mol. The van der Waals surface area contributed by atoms with Crippen LogP contribution in [0.4, 0.5) is 5.13 Å². The number of nitrogens with zero attached hydrogens (tertiary/aromatic N) is 4. The van der Waals surface area contributed by atoms with Crippen LogP contribution in [0.1, 0.15) is 26.2 Å². The first-order valence-electron chi connectivity index (χ1n) is 10.6. The lowest BCUT2D eigenvalue weighted by molar-refractivity contribution is -0.136. The highest BCUT2D eigenvalue weighted by atomic mass is 32.1. The second-order valence-electron chi connectivity index (χ2n) is 8.05. The normalized spacial score (nSPS) is 21.0. The molecule has 9 heteroatoms. The Labute approximate surface area is 180 Å². The fraction of sp³-hybridized carbons (Fsp3) is 0.571. The number of nitrogens with one attached hydrogen (secondary N) is 1. The van der Waals surface area contributed by atoms with E-state index in [0.717, 1.165) is 51.3 Å². The molecule has 0 saturated carbocycles. The Morgan fingerprint density at radius 3 is 2.63 bits per heavy atom. The molecular formula is C21H29N5O3S. The van der Waals surface area contributed by atoms with Crippen molar-refractivity contribution in [3.8, 4) is 11.5 Å². The molecule has 2 aromatic heterocycles. The van der Waals surface area contributed by atoms with Crippen molar-refractivity contribution >= 4 is 28.3 Å². The molecule has 4 heterocycles. The Hall–Kier alpha value is -2.23. The summed E-state index contributed by atoms with van der Waals surface area (Å²) in [5.41, 5.74) is 0.724. The lowest BCUT2D eigenvalue weighted by atomic mass is 10.0. The van der Waals surface area contributed by atoms with E-state index in [4.69, 9.17) is 4.42 Å². The Morgan fingerprint density at radius 1 is 1.17 bits per heavy atom. The van der Waals surface area contributed by atoms with Crippen molar-refractivity contribution in [3.63, 3.8) is 0 Å². The maximum absolute atomic E-state index is 12.6. The molecule has 2 aliphatic rings. The molecule has 0 aromatic carbocycles. The number of aromatic nitrogens is 1. The topological polar surface area (TPSA) is 81.9 Å². The van der Waals surface area contributed by atoms with Gasteiger partial charge in [-0.25, -0.2) is 4.98 Å². The summed E-state index contributed by atoms with van der Waals surface area (Å²) < 4.78 is 5.33. The Morgan fingerprint density at radius 2 is 1.93 bits per heavy atom. The molecule has 0 aliphatic carbocycles. The van der Waals surface area contributed by atoms with Crippen molar-refractivity contribution in [2.45, 2.75) is 32.2 Å². The molecule has 0 spiro atoms. The highest BCUT2D eigenvalue weighted by Gasteiger charge is 2.26. The molecule has 0 bridgehead atoms. The molecule has 2 aromatic rings.